The van der Waals surface area contributed by atoms with Crippen molar-refractivity contribution in [1.82, 2.24) is 10.2 Å². The predicted octanol–water partition coefficient (Wildman–Crippen LogP) is 3.49. The van der Waals surface area contributed by atoms with Crippen molar-refractivity contribution in [3.8, 4) is 0 Å². The average molecular weight is 313 g/mol. The van der Waals surface area contributed by atoms with Gasteiger partial charge in [0.1, 0.15) is 6.17 Å². The van der Waals surface area contributed by atoms with Crippen LogP contribution in [-0.2, 0) is 4.79 Å². The van der Waals surface area contributed by atoms with Gasteiger partial charge in [-0.3, -0.25) is 10.1 Å². The molecular weight excluding hydrogens is 288 g/mol. The van der Waals surface area contributed by atoms with Gasteiger partial charge in [0, 0.05) is 11.8 Å². The minimum absolute atomic E-state index is 0.0100. The minimum Gasteiger partial charge on any atom is -0.318 e. The summed E-state index contributed by atoms with van der Waals surface area (Å²) in [6.07, 6.45) is 5.33. The zero-order valence-corrected chi connectivity index (χ0v) is 14.1. The number of nitrogens with one attached hydrogen (secondary N) is 1. The number of rotatable bonds is 7. The van der Waals surface area contributed by atoms with Gasteiger partial charge in [-0.15, -0.1) is 0 Å². The molecule has 5 heteroatoms. The number of thioether (sulfide) groups is 1. The molecule has 0 aromatic carbocycles. The Balaban J connectivity index is 2.16. The van der Waals surface area contributed by atoms with Gasteiger partial charge in [-0.2, -0.15) is 23.1 Å². The Hall–Kier alpha value is -0.520. The van der Waals surface area contributed by atoms with Crippen LogP contribution in [0, 0.1) is 0 Å². The molecule has 1 aliphatic rings. The SMILES string of the molecule is CCCCC1NC(c2ccsc2)N(C(C)CSC)C1=O. The van der Waals surface area contributed by atoms with Gasteiger partial charge in [-0.1, -0.05) is 19.8 Å². The van der Waals surface area contributed by atoms with Crippen molar-refractivity contribution in [3.63, 3.8) is 0 Å². The molecule has 0 aliphatic carbocycles. The van der Waals surface area contributed by atoms with E-state index < -0.39 is 0 Å². The van der Waals surface area contributed by atoms with Crippen LogP contribution in [0.25, 0.3) is 0 Å². The van der Waals surface area contributed by atoms with Crippen molar-refractivity contribution < 1.29 is 4.79 Å². The van der Waals surface area contributed by atoms with Crippen molar-refractivity contribution in [3.05, 3.63) is 22.4 Å². The summed E-state index contributed by atoms with van der Waals surface area (Å²) in [4.78, 5) is 14.7. The molecule has 1 amide bonds. The maximum atomic E-state index is 12.7. The first-order valence-electron chi connectivity index (χ1n) is 7.28. The molecule has 3 atom stereocenters. The van der Waals surface area contributed by atoms with Gasteiger partial charge in [-0.05, 0) is 42.0 Å². The maximum Gasteiger partial charge on any atom is 0.241 e. The summed E-state index contributed by atoms with van der Waals surface area (Å²) in [6.45, 7) is 4.32. The molecule has 112 valence electrons. The summed E-state index contributed by atoms with van der Waals surface area (Å²) >= 11 is 3.49. The van der Waals surface area contributed by atoms with Crippen molar-refractivity contribution in [2.75, 3.05) is 12.0 Å². The van der Waals surface area contributed by atoms with E-state index in [1.807, 2.05) is 0 Å². The van der Waals surface area contributed by atoms with Crippen LogP contribution in [-0.4, -0.2) is 34.9 Å². The van der Waals surface area contributed by atoms with E-state index in [0.717, 1.165) is 25.0 Å². The molecule has 2 rings (SSSR count). The topological polar surface area (TPSA) is 32.3 Å². The van der Waals surface area contributed by atoms with E-state index in [9.17, 15) is 4.79 Å². The number of amides is 1. The first-order chi connectivity index (χ1) is 9.69. The quantitative estimate of drug-likeness (QED) is 0.836. The average Bonchev–Trinajstić information content (AvgIpc) is 3.04. The highest BCUT2D eigenvalue weighted by Gasteiger charge is 2.41. The molecule has 2 heterocycles. The molecule has 1 aliphatic heterocycles. The Morgan fingerprint density at radius 3 is 2.95 bits per heavy atom. The van der Waals surface area contributed by atoms with Crippen molar-refractivity contribution in [1.29, 1.82) is 0 Å². The van der Waals surface area contributed by atoms with E-state index in [1.165, 1.54) is 5.56 Å². The van der Waals surface area contributed by atoms with Crippen LogP contribution in [0.1, 0.15) is 44.8 Å². The fourth-order valence-corrected chi connectivity index (χ4v) is 4.07. The molecule has 1 aromatic rings. The number of thiophene rings is 1. The fourth-order valence-electron chi connectivity index (χ4n) is 2.75. The lowest BCUT2D eigenvalue weighted by atomic mass is 10.1. The van der Waals surface area contributed by atoms with E-state index in [0.29, 0.717) is 0 Å². The van der Waals surface area contributed by atoms with E-state index in [-0.39, 0.29) is 24.2 Å². The maximum absolute atomic E-state index is 12.7. The summed E-state index contributed by atoms with van der Waals surface area (Å²) in [6, 6.07) is 2.38. The number of hydrogen-bond acceptors (Lipinski definition) is 4. The van der Waals surface area contributed by atoms with Crippen LogP contribution in [0.4, 0.5) is 0 Å². The lowest BCUT2D eigenvalue weighted by Gasteiger charge is -2.29. The van der Waals surface area contributed by atoms with Crippen molar-refractivity contribution >= 4 is 29.0 Å². The Labute approximate surface area is 130 Å². The number of hydrogen-bond donors (Lipinski definition) is 1. The van der Waals surface area contributed by atoms with Crippen LogP contribution < -0.4 is 5.32 Å². The number of carbonyl (C=O) groups excluding carboxylic acids is 1. The third-order valence-electron chi connectivity index (χ3n) is 3.78. The predicted molar refractivity (Wildman–Crippen MR) is 88.2 cm³/mol. The Bertz CT molecular complexity index is 422. The van der Waals surface area contributed by atoms with Crippen molar-refractivity contribution in [2.45, 2.75) is 51.4 Å². The largest absolute Gasteiger partial charge is 0.318 e. The van der Waals surface area contributed by atoms with Crippen molar-refractivity contribution in [2.24, 2.45) is 0 Å². The highest BCUT2D eigenvalue weighted by Crippen LogP contribution is 2.31. The smallest absolute Gasteiger partial charge is 0.241 e. The third kappa shape index (κ3) is 3.38. The molecule has 1 aromatic heterocycles. The van der Waals surface area contributed by atoms with Crippen LogP contribution in [0.3, 0.4) is 0 Å². The Morgan fingerprint density at radius 2 is 2.35 bits per heavy atom. The first kappa shape index (κ1) is 15.9. The van der Waals surface area contributed by atoms with Crippen LogP contribution in [0.2, 0.25) is 0 Å². The van der Waals surface area contributed by atoms with Gasteiger partial charge < -0.3 is 4.90 Å². The molecule has 3 unspecified atom stereocenters. The summed E-state index contributed by atoms with van der Waals surface area (Å²) in [7, 11) is 0. The minimum atomic E-state index is -0.0100. The summed E-state index contributed by atoms with van der Waals surface area (Å²) in [5.74, 6) is 1.25. The van der Waals surface area contributed by atoms with Crippen LogP contribution >= 0.6 is 23.1 Å². The standard InChI is InChI=1S/C15H24N2OS2/c1-4-5-6-13-15(18)17(11(2)9-19-3)14(16-13)12-7-8-20-10-12/h7-8,10-11,13-14,16H,4-6,9H2,1-3H3. The zero-order valence-electron chi connectivity index (χ0n) is 12.5. The van der Waals surface area contributed by atoms with Gasteiger partial charge in [0.25, 0.3) is 0 Å². The van der Waals surface area contributed by atoms with Gasteiger partial charge in [0.05, 0.1) is 6.04 Å². The van der Waals surface area contributed by atoms with E-state index in [4.69, 9.17) is 0 Å². The van der Waals surface area contributed by atoms with Gasteiger partial charge in [0.15, 0.2) is 0 Å². The highest BCUT2D eigenvalue weighted by atomic mass is 32.2. The molecule has 0 bridgehead atoms. The number of carbonyl (C=O) groups is 1. The van der Waals surface area contributed by atoms with Crippen LogP contribution in [0.5, 0.6) is 0 Å². The third-order valence-corrected chi connectivity index (χ3v) is 5.30. The van der Waals surface area contributed by atoms with Gasteiger partial charge in [-0.25, -0.2) is 0 Å². The normalized spacial score (nSPS) is 24.4. The fraction of sp³-hybridized carbons (Fsp3) is 0.667. The second kappa shape index (κ2) is 7.48. The summed E-state index contributed by atoms with van der Waals surface area (Å²) < 4.78 is 0. The molecule has 0 saturated carbocycles. The molecule has 0 radical (unpaired) electrons. The molecule has 1 fully saturated rings. The second-order valence-corrected chi connectivity index (χ2v) is 7.06. The molecule has 1 N–H and O–H groups in total. The Morgan fingerprint density at radius 1 is 1.55 bits per heavy atom. The molecule has 20 heavy (non-hydrogen) atoms. The lowest BCUT2D eigenvalue weighted by molar-refractivity contribution is -0.131. The van der Waals surface area contributed by atoms with Gasteiger partial charge in [0.2, 0.25) is 5.91 Å². The summed E-state index contributed by atoms with van der Waals surface area (Å²) in [5.41, 5.74) is 1.22. The van der Waals surface area contributed by atoms with E-state index >= 15 is 0 Å². The number of unbranched alkanes of at least 4 members (excludes halogenated alkanes) is 1. The monoisotopic (exact) mass is 312 g/mol. The summed E-state index contributed by atoms with van der Waals surface area (Å²) in [5, 5.41) is 7.77. The molecular formula is C15H24N2OS2. The van der Waals surface area contributed by atoms with Gasteiger partial charge >= 0.3 is 0 Å². The van der Waals surface area contributed by atoms with E-state index in [1.54, 1.807) is 23.1 Å². The molecule has 3 nitrogen and oxygen atoms in total. The Kier molecular flexibility index (Phi) is 5.93. The van der Waals surface area contributed by atoms with E-state index in [2.05, 4.69) is 47.1 Å². The highest BCUT2D eigenvalue weighted by molar-refractivity contribution is 7.98. The lowest BCUT2D eigenvalue weighted by Crippen LogP contribution is -2.39. The zero-order chi connectivity index (χ0) is 14.5. The second-order valence-electron chi connectivity index (χ2n) is 5.37. The first-order valence-corrected chi connectivity index (χ1v) is 9.62. The van der Waals surface area contributed by atoms with Crippen LogP contribution in [0.15, 0.2) is 16.8 Å². The molecule has 1 saturated heterocycles. The molecule has 0 spiro atoms. The number of nitrogens with zero attached hydrogens (tertiary/aromatic N) is 1.